The third-order valence-electron chi connectivity index (χ3n) is 2.21. The summed E-state index contributed by atoms with van der Waals surface area (Å²) < 4.78 is 0. The molecule has 1 aromatic heterocycles. The first kappa shape index (κ1) is 21.0. The summed E-state index contributed by atoms with van der Waals surface area (Å²) in [6.07, 6.45) is 14.6. The smallest absolute Gasteiger partial charge is 0.0351 e. The molecule has 1 rings (SSSR count). The monoisotopic (exact) mass is 290 g/mol. The molecule has 1 aromatic rings. The Morgan fingerprint density at radius 3 is 1.45 bits per heavy atom. The molecule has 20 heavy (non-hydrogen) atoms. The molecule has 0 N–H and O–H groups in total. The molecule has 0 saturated heterocycles. The van der Waals surface area contributed by atoms with E-state index in [4.69, 9.17) is 0 Å². The average Bonchev–Trinajstić information content (AvgIpc) is 2.82. The van der Waals surface area contributed by atoms with Gasteiger partial charge in [0, 0.05) is 9.75 Å². The number of thiophene rings is 1. The minimum absolute atomic E-state index is 1.24. The maximum absolute atomic E-state index is 3.88. The van der Waals surface area contributed by atoms with Crippen LogP contribution < -0.4 is 0 Å². The van der Waals surface area contributed by atoms with Crippen molar-refractivity contribution in [3.63, 3.8) is 0 Å². The van der Waals surface area contributed by atoms with Crippen LogP contribution in [0, 0.1) is 0 Å². The number of hydrogen-bond acceptors (Lipinski definition) is 1. The Labute approximate surface area is 130 Å². The summed E-state index contributed by atoms with van der Waals surface area (Å²) in [5, 5.41) is 0. The SMILES string of the molecule is C=Cc1sc(/C=C\C)c(/C=C\C)c1/C=C\C.CC.CC. The summed E-state index contributed by atoms with van der Waals surface area (Å²) >= 11 is 1.78. The maximum Gasteiger partial charge on any atom is 0.0351 e. The Morgan fingerprint density at radius 2 is 1.10 bits per heavy atom. The number of hydrogen-bond donors (Lipinski definition) is 0. The molecule has 0 bridgehead atoms. The second kappa shape index (κ2) is 14.1. The average molecular weight is 291 g/mol. The zero-order valence-electron chi connectivity index (χ0n) is 14.2. The topological polar surface area (TPSA) is 0 Å². The molecule has 0 fully saturated rings. The van der Waals surface area contributed by atoms with Gasteiger partial charge >= 0.3 is 0 Å². The van der Waals surface area contributed by atoms with Crippen LogP contribution in [0.1, 0.15) is 69.3 Å². The van der Waals surface area contributed by atoms with Gasteiger partial charge in [-0.05, 0) is 38.0 Å². The fourth-order valence-electron chi connectivity index (χ4n) is 1.60. The van der Waals surface area contributed by atoms with Crippen molar-refractivity contribution in [3.05, 3.63) is 45.7 Å². The Morgan fingerprint density at radius 1 is 0.700 bits per heavy atom. The molecule has 0 unspecified atom stereocenters. The van der Waals surface area contributed by atoms with Gasteiger partial charge in [-0.3, -0.25) is 0 Å². The lowest BCUT2D eigenvalue weighted by Gasteiger charge is -1.96. The first-order chi connectivity index (χ1) is 9.78. The molecule has 0 aliphatic carbocycles. The summed E-state index contributed by atoms with van der Waals surface area (Å²) in [5.74, 6) is 0. The summed E-state index contributed by atoms with van der Waals surface area (Å²) in [7, 11) is 0. The molecule has 0 saturated carbocycles. The van der Waals surface area contributed by atoms with Gasteiger partial charge < -0.3 is 0 Å². The lowest BCUT2D eigenvalue weighted by atomic mass is 10.1. The van der Waals surface area contributed by atoms with Crippen LogP contribution >= 0.6 is 11.3 Å². The quantitative estimate of drug-likeness (QED) is 0.537. The van der Waals surface area contributed by atoms with Gasteiger partial charge in [-0.25, -0.2) is 0 Å². The predicted molar refractivity (Wildman–Crippen MR) is 101 cm³/mol. The van der Waals surface area contributed by atoms with Gasteiger partial charge in [0.05, 0.1) is 0 Å². The molecule has 0 nitrogen and oxygen atoms in total. The van der Waals surface area contributed by atoms with E-state index < -0.39 is 0 Å². The first-order valence-corrected chi connectivity index (χ1v) is 8.27. The minimum atomic E-state index is 1.24. The van der Waals surface area contributed by atoms with Gasteiger partial charge in [-0.2, -0.15) is 0 Å². The third-order valence-corrected chi connectivity index (χ3v) is 3.39. The summed E-state index contributed by atoms with van der Waals surface area (Å²) in [6, 6.07) is 0. The van der Waals surface area contributed by atoms with Crippen molar-refractivity contribution in [2.75, 3.05) is 0 Å². The Hall–Kier alpha value is -1.34. The van der Waals surface area contributed by atoms with E-state index in [0.29, 0.717) is 0 Å². The van der Waals surface area contributed by atoms with E-state index in [9.17, 15) is 0 Å². The molecule has 0 radical (unpaired) electrons. The van der Waals surface area contributed by atoms with Crippen LogP contribution in [0.15, 0.2) is 24.8 Å². The Bertz CT molecular complexity index is 443. The summed E-state index contributed by atoms with van der Waals surface area (Å²) in [6.45, 7) is 18.0. The highest BCUT2D eigenvalue weighted by Crippen LogP contribution is 2.33. The van der Waals surface area contributed by atoms with E-state index in [1.54, 1.807) is 11.3 Å². The number of allylic oxidation sites excluding steroid dienone is 3. The second-order valence-electron chi connectivity index (χ2n) is 3.36. The predicted octanol–water partition coefficient (Wildman–Crippen LogP) is 7.54. The Balaban J connectivity index is 0. The molecule has 0 amide bonds. The van der Waals surface area contributed by atoms with Gasteiger partial charge in [0.15, 0.2) is 0 Å². The van der Waals surface area contributed by atoms with Crippen LogP contribution in [-0.4, -0.2) is 0 Å². The third kappa shape index (κ3) is 6.21. The van der Waals surface area contributed by atoms with E-state index in [2.05, 4.69) is 43.0 Å². The summed E-state index contributed by atoms with van der Waals surface area (Å²) in [5.41, 5.74) is 2.56. The Kier molecular flexibility index (Phi) is 14.8. The molecule has 0 spiro atoms. The lowest BCUT2D eigenvalue weighted by molar-refractivity contribution is 1.50. The van der Waals surface area contributed by atoms with Crippen LogP contribution in [0.5, 0.6) is 0 Å². The summed E-state index contributed by atoms with van der Waals surface area (Å²) in [4.78, 5) is 2.53. The highest BCUT2D eigenvalue weighted by molar-refractivity contribution is 7.14. The van der Waals surface area contributed by atoms with E-state index >= 15 is 0 Å². The van der Waals surface area contributed by atoms with E-state index in [1.807, 2.05) is 54.5 Å². The molecule has 1 heteroatoms. The van der Waals surface area contributed by atoms with Crippen molar-refractivity contribution in [1.29, 1.82) is 0 Å². The van der Waals surface area contributed by atoms with Crippen LogP contribution in [-0.2, 0) is 0 Å². The molecule has 0 aliphatic rings. The van der Waals surface area contributed by atoms with Gasteiger partial charge in [0.1, 0.15) is 0 Å². The van der Waals surface area contributed by atoms with Crippen LogP contribution in [0.25, 0.3) is 24.3 Å². The minimum Gasteiger partial charge on any atom is -0.135 e. The molecule has 0 aromatic carbocycles. The molecule has 1 heterocycles. The molecule has 112 valence electrons. The van der Waals surface area contributed by atoms with Crippen LogP contribution in [0.4, 0.5) is 0 Å². The second-order valence-corrected chi connectivity index (χ2v) is 4.45. The molecule has 0 atom stereocenters. The van der Waals surface area contributed by atoms with Gasteiger partial charge in [0.25, 0.3) is 0 Å². The fraction of sp³-hybridized carbons (Fsp3) is 0.368. The largest absolute Gasteiger partial charge is 0.135 e. The zero-order valence-corrected chi connectivity index (χ0v) is 15.0. The van der Waals surface area contributed by atoms with Crippen LogP contribution in [0.3, 0.4) is 0 Å². The maximum atomic E-state index is 3.88. The van der Waals surface area contributed by atoms with E-state index in [0.717, 1.165) is 0 Å². The normalized spacial score (nSPS) is 10.3. The standard InChI is InChI=1S/C15H18S.2C2H6/c1-5-9-12-13(10-6-2)15(11-7-3)16-14(12)8-4;2*1-2/h5-11H,4H2,1-3H3;2*1-2H3/b9-5-,10-6-,11-7-;;. The molecule has 0 aliphatic heterocycles. The van der Waals surface area contributed by atoms with Gasteiger partial charge in [0.2, 0.25) is 0 Å². The van der Waals surface area contributed by atoms with Crippen molar-refractivity contribution in [1.82, 2.24) is 0 Å². The number of rotatable bonds is 4. The van der Waals surface area contributed by atoms with E-state index in [-0.39, 0.29) is 0 Å². The first-order valence-electron chi connectivity index (χ1n) is 7.45. The zero-order chi connectivity index (χ0) is 16.0. The van der Waals surface area contributed by atoms with Crippen molar-refractivity contribution >= 4 is 35.6 Å². The van der Waals surface area contributed by atoms with Crippen molar-refractivity contribution in [2.45, 2.75) is 48.5 Å². The highest BCUT2D eigenvalue weighted by atomic mass is 32.1. The van der Waals surface area contributed by atoms with E-state index in [1.165, 1.54) is 20.9 Å². The van der Waals surface area contributed by atoms with Gasteiger partial charge in [-0.1, -0.05) is 70.7 Å². The highest BCUT2D eigenvalue weighted by Gasteiger charge is 2.09. The fourth-order valence-corrected chi connectivity index (χ4v) is 2.70. The van der Waals surface area contributed by atoms with Crippen LogP contribution in [0.2, 0.25) is 0 Å². The molecular formula is C19H30S. The van der Waals surface area contributed by atoms with Crippen molar-refractivity contribution < 1.29 is 0 Å². The van der Waals surface area contributed by atoms with Crippen molar-refractivity contribution in [3.8, 4) is 0 Å². The van der Waals surface area contributed by atoms with Gasteiger partial charge in [-0.15, -0.1) is 11.3 Å². The molecular weight excluding hydrogens is 260 g/mol. The lowest BCUT2D eigenvalue weighted by Crippen LogP contribution is -1.77. The van der Waals surface area contributed by atoms with Crippen molar-refractivity contribution in [2.24, 2.45) is 0 Å².